The van der Waals surface area contributed by atoms with Gasteiger partial charge in [-0.3, -0.25) is 0 Å². The van der Waals surface area contributed by atoms with Crippen LogP contribution in [0.15, 0.2) is 40.8 Å². The summed E-state index contributed by atoms with van der Waals surface area (Å²) in [6.07, 6.45) is -1.75. The first-order chi connectivity index (χ1) is 11.5. The molecule has 1 aliphatic rings. The second-order valence-electron chi connectivity index (χ2n) is 6.07. The van der Waals surface area contributed by atoms with Crippen LogP contribution in [0, 0.1) is 6.92 Å². The fourth-order valence-electron chi connectivity index (χ4n) is 3.01. The van der Waals surface area contributed by atoms with Gasteiger partial charge in [0.1, 0.15) is 17.4 Å². The Kier molecular flexibility index (Phi) is 3.48. The molecule has 0 fully saturated rings. The quantitative estimate of drug-likeness (QED) is 0.770. The molecule has 0 amide bonds. The fraction of sp³-hybridized carbons (Fsp3) is 0.263. The molecule has 0 unspecified atom stereocenters. The van der Waals surface area contributed by atoms with E-state index >= 15 is 0 Å². The van der Waals surface area contributed by atoms with Crippen molar-refractivity contribution in [3.63, 3.8) is 0 Å². The number of fused-ring (bicyclic) bond motifs is 2. The van der Waals surface area contributed by atoms with Gasteiger partial charge in [-0.05, 0) is 49.7 Å². The van der Waals surface area contributed by atoms with Crippen molar-refractivity contribution < 1.29 is 24.1 Å². The maximum atomic E-state index is 10.1. The third kappa shape index (κ3) is 2.33. The van der Waals surface area contributed by atoms with Gasteiger partial charge in [-0.15, -0.1) is 0 Å². The van der Waals surface area contributed by atoms with Gasteiger partial charge < -0.3 is 24.1 Å². The molecule has 24 heavy (non-hydrogen) atoms. The van der Waals surface area contributed by atoms with Crippen molar-refractivity contribution in [2.24, 2.45) is 0 Å². The van der Waals surface area contributed by atoms with E-state index in [1.165, 1.54) is 0 Å². The van der Waals surface area contributed by atoms with Crippen LogP contribution in [0.25, 0.3) is 22.3 Å². The molecule has 4 rings (SSSR count). The van der Waals surface area contributed by atoms with Gasteiger partial charge in [-0.25, -0.2) is 0 Å². The Morgan fingerprint density at radius 2 is 1.79 bits per heavy atom. The Hall–Kier alpha value is -2.50. The number of ether oxygens (including phenoxy) is 2. The standard InChI is InChI=1S/C19H18O5/c1-10-14-7-12(18(21)11(2)20)3-5-15(14)24-19(10)13-4-6-16-17(8-13)23-9-22-16/h3-8,11,18,20-21H,9H2,1-2H3/t11-,18+/m1/s1. The molecule has 0 aliphatic carbocycles. The van der Waals surface area contributed by atoms with Crippen LogP contribution in [0.2, 0.25) is 0 Å². The summed E-state index contributed by atoms with van der Waals surface area (Å²) in [6, 6.07) is 11.2. The lowest BCUT2D eigenvalue weighted by molar-refractivity contribution is 0.0306. The number of furan rings is 1. The van der Waals surface area contributed by atoms with Crippen molar-refractivity contribution >= 4 is 11.0 Å². The van der Waals surface area contributed by atoms with Crippen LogP contribution in [0.5, 0.6) is 11.5 Å². The van der Waals surface area contributed by atoms with E-state index in [4.69, 9.17) is 13.9 Å². The summed E-state index contributed by atoms with van der Waals surface area (Å²) in [5.74, 6) is 2.19. The second-order valence-corrected chi connectivity index (χ2v) is 6.07. The second kappa shape index (κ2) is 5.54. The largest absolute Gasteiger partial charge is 0.456 e. The van der Waals surface area contributed by atoms with Gasteiger partial charge in [-0.2, -0.15) is 0 Å². The highest BCUT2D eigenvalue weighted by Crippen LogP contribution is 2.40. The Bertz CT molecular complexity index is 910. The lowest BCUT2D eigenvalue weighted by Crippen LogP contribution is -2.13. The predicted octanol–water partition coefficient (Wildman–Crippen LogP) is 3.55. The molecule has 2 aromatic carbocycles. The van der Waals surface area contributed by atoms with Gasteiger partial charge >= 0.3 is 0 Å². The van der Waals surface area contributed by atoms with E-state index in [1.807, 2.05) is 37.3 Å². The number of aliphatic hydroxyl groups excluding tert-OH is 2. The van der Waals surface area contributed by atoms with Gasteiger partial charge in [0.05, 0.1) is 6.10 Å². The zero-order valence-corrected chi connectivity index (χ0v) is 13.4. The van der Waals surface area contributed by atoms with E-state index in [9.17, 15) is 10.2 Å². The molecule has 0 saturated heterocycles. The van der Waals surface area contributed by atoms with Gasteiger partial charge in [-0.1, -0.05) is 6.07 Å². The highest BCUT2D eigenvalue weighted by atomic mass is 16.7. The average Bonchev–Trinajstić information content (AvgIpc) is 3.17. The van der Waals surface area contributed by atoms with Crippen molar-refractivity contribution in [1.82, 2.24) is 0 Å². The molecule has 1 aliphatic heterocycles. The third-order valence-electron chi connectivity index (χ3n) is 4.39. The maximum Gasteiger partial charge on any atom is 0.231 e. The van der Waals surface area contributed by atoms with Crippen LogP contribution in [-0.2, 0) is 0 Å². The van der Waals surface area contributed by atoms with Crippen LogP contribution < -0.4 is 9.47 Å². The van der Waals surface area contributed by atoms with Gasteiger partial charge in [0.2, 0.25) is 6.79 Å². The molecular formula is C19H18O5. The van der Waals surface area contributed by atoms with Crippen LogP contribution in [0.1, 0.15) is 24.2 Å². The van der Waals surface area contributed by atoms with Crippen molar-refractivity contribution in [3.8, 4) is 22.8 Å². The Morgan fingerprint density at radius 1 is 1.00 bits per heavy atom. The normalized spacial score (nSPS) is 15.7. The summed E-state index contributed by atoms with van der Waals surface area (Å²) in [4.78, 5) is 0. The fourth-order valence-corrected chi connectivity index (χ4v) is 3.01. The summed E-state index contributed by atoms with van der Waals surface area (Å²) < 4.78 is 16.8. The zero-order chi connectivity index (χ0) is 16.8. The van der Waals surface area contributed by atoms with Crippen LogP contribution in [0.3, 0.4) is 0 Å². The minimum Gasteiger partial charge on any atom is -0.456 e. The van der Waals surface area contributed by atoms with E-state index in [0.717, 1.165) is 33.6 Å². The molecule has 0 bridgehead atoms. The van der Waals surface area contributed by atoms with Crippen molar-refractivity contribution in [2.75, 3.05) is 6.79 Å². The molecule has 0 spiro atoms. The van der Waals surface area contributed by atoms with Gasteiger partial charge in [0.25, 0.3) is 0 Å². The molecule has 2 N–H and O–H groups in total. The smallest absolute Gasteiger partial charge is 0.231 e. The summed E-state index contributed by atoms with van der Waals surface area (Å²) >= 11 is 0. The SMILES string of the molecule is Cc1c(-c2ccc3c(c2)OCO3)oc2ccc([C@@H](O)[C@@H](C)O)cc12. The summed E-state index contributed by atoms with van der Waals surface area (Å²) in [5, 5.41) is 20.6. The van der Waals surface area contributed by atoms with Crippen molar-refractivity contribution in [2.45, 2.75) is 26.1 Å². The number of hydrogen-bond donors (Lipinski definition) is 2. The first-order valence-electron chi connectivity index (χ1n) is 7.84. The average molecular weight is 326 g/mol. The van der Waals surface area contributed by atoms with Crippen LogP contribution in [-0.4, -0.2) is 23.1 Å². The molecule has 5 heteroatoms. The third-order valence-corrected chi connectivity index (χ3v) is 4.39. The lowest BCUT2D eigenvalue weighted by atomic mass is 10.0. The molecular weight excluding hydrogens is 308 g/mol. The zero-order valence-electron chi connectivity index (χ0n) is 13.4. The number of aliphatic hydroxyl groups is 2. The first kappa shape index (κ1) is 15.1. The minimum absolute atomic E-state index is 0.235. The monoisotopic (exact) mass is 326 g/mol. The minimum atomic E-state index is -0.919. The Morgan fingerprint density at radius 3 is 2.58 bits per heavy atom. The molecule has 5 nitrogen and oxygen atoms in total. The van der Waals surface area contributed by atoms with E-state index in [1.54, 1.807) is 13.0 Å². The van der Waals surface area contributed by atoms with Crippen molar-refractivity contribution in [3.05, 3.63) is 47.5 Å². The van der Waals surface area contributed by atoms with E-state index in [-0.39, 0.29) is 6.79 Å². The molecule has 1 aromatic heterocycles. The molecule has 124 valence electrons. The maximum absolute atomic E-state index is 10.1. The number of rotatable bonds is 3. The van der Waals surface area contributed by atoms with E-state index < -0.39 is 12.2 Å². The number of benzene rings is 2. The Balaban J connectivity index is 1.81. The topological polar surface area (TPSA) is 72.1 Å². The highest BCUT2D eigenvalue weighted by molar-refractivity contribution is 5.88. The molecule has 2 atom stereocenters. The Labute approximate surface area is 139 Å². The highest BCUT2D eigenvalue weighted by Gasteiger charge is 2.20. The number of aryl methyl sites for hydroxylation is 1. The summed E-state index contributed by atoms with van der Waals surface area (Å²) in [7, 11) is 0. The summed E-state index contributed by atoms with van der Waals surface area (Å²) in [5.41, 5.74) is 3.29. The van der Waals surface area contributed by atoms with Crippen LogP contribution in [0.4, 0.5) is 0 Å². The molecule has 3 aromatic rings. The lowest BCUT2D eigenvalue weighted by Gasteiger charge is -2.13. The summed E-state index contributed by atoms with van der Waals surface area (Å²) in [6.45, 7) is 3.78. The predicted molar refractivity (Wildman–Crippen MR) is 89.2 cm³/mol. The van der Waals surface area contributed by atoms with Crippen LogP contribution >= 0.6 is 0 Å². The molecule has 0 radical (unpaired) electrons. The van der Waals surface area contributed by atoms with E-state index in [0.29, 0.717) is 11.3 Å². The van der Waals surface area contributed by atoms with E-state index in [2.05, 4.69) is 0 Å². The molecule has 2 heterocycles. The van der Waals surface area contributed by atoms with Gasteiger partial charge in [0.15, 0.2) is 11.5 Å². The first-order valence-corrected chi connectivity index (χ1v) is 7.84. The van der Waals surface area contributed by atoms with Crippen molar-refractivity contribution in [1.29, 1.82) is 0 Å². The number of hydrogen-bond acceptors (Lipinski definition) is 5. The van der Waals surface area contributed by atoms with Gasteiger partial charge in [0, 0.05) is 16.5 Å². The molecule has 0 saturated carbocycles.